The molecule has 0 saturated heterocycles. The number of carbonyl (C=O) groups is 1. The van der Waals surface area contributed by atoms with Gasteiger partial charge in [0.2, 0.25) is 10.0 Å². The first-order valence-corrected chi connectivity index (χ1v) is 11.2. The van der Waals surface area contributed by atoms with Gasteiger partial charge >= 0.3 is 0 Å². The molecule has 0 aliphatic heterocycles. The van der Waals surface area contributed by atoms with Crippen LogP contribution in [0.2, 0.25) is 0 Å². The summed E-state index contributed by atoms with van der Waals surface area (Å²) in [6.45, 7) is 3.78. The number of hydrogen-bond donors (Lipinski definition) is 1. The number of amides is 1. The van der Waals surface area contributed by atoms with Crippen molar-refractivity contribution in [3.05, 3.63) is 48.5 Å². The summed E-state index contributed by atoms with van der Waals surface area (Å²) >= 11 is 0. The minimum Gasteiger partial charge on any atom is -0.497 e. The molecule has 9 heteroatoms. The molecule has 2 unspecified atom stereocenters. The van der Waals surface area contributed by atoms with Crippen LogP contribution in [-0.4, -0.2) is 53.5 Å². The Morgan fingerprint density at radius 3 is 2.07 bits per heavy atom. The molecule has 2 atom stereocenters. The SMILES string of the molecule is COc1ccc(OCC(C)NC(=O)C(C)Oc2ccc(N(C)S(C)(=O)=O)cc2)cc1. The van der Waals surface area contributed by atoms with Crippen molar-refractivity contribution >= 4 is 21.6 Å². The van der Waals surface area contributed by atoms with E-state index in [-0.39, 0.29) is 11.9 Å². The normalized spacial score (nSPS) is 13.1. The maximum Gasteiger partial charge on any atom is 0.261 e. The Balaban J connectivity index is 1.83. The fourth-order valence-corrected chi connectivity index (χ4v) is 2.98. The van der Waals surface area contributed by atoms with Crippen molar-refractivity contribution in [2.24, 2.45) is 0 Å². The molecule has 0 saturated carbocycles. The summed E-state index contributed by atoms with van der Waals surface area (Å²) < 4.78 is 40.7. The van der Waals surface area contributed by atoms with Gasteiger partial charge in [-0.05, 0) is 62.4 Å². The summed E-state index contributed by atoms with van der Waals surface area (Å²) in [5, 5.41) is 2.84. The van der Waals surface area contributed by atoms with Crippen molar-refractivity contribution in [2.45, 2.75) is 26.0 Å². The van der Waals surface area contributed by atoms with Crippen molar-refractivity contribution in [3.8, 4) is 17.2 Å². The third kappa shape index (κ3) is 6.84. The molecule has 1 N–H and O–H groups in total. The predicted molar refractivity (Wildman–Crippen MR) is 116 cm³/mol. The summed E-state index contributed by atoms with van der Waals surface area (Å²) in [7, 11) is -0.272. The second-order valence-electron chi connectivity index (χ2n) is 6.88. The number of methoxy groups -OCH3 is 1. The summed E-state index contributed by atoms with van der Waals surface area (Å²) in [6.07, 6.45) is 0.399. The van der Waals surface area contributed by atoms with Crippen LogP contribution in [0.25, 0.3) is 0 Å². The molecule has 0 spiro atoms. The molecule has 0 heterocycles. The van der Waals surface area contributed by atoms with E-state index in [1.807, 2.05) is 6.92 Å². The van der Waals surface area contributed by atoms with Gasteiger partial charge in [-0.2, -0.15) is 0 Å². The number of benzene rings is 2. The van der Waals surface area contributed by atoms with Crippen LogP contribution in [0.1, 0.15) is 13.8 Å². The second-order valence-corrected chi connectivity index (χ2v) is 8.89. The summed E-state index contributed by atoms with van der Waals surface area (Å²) in [6, 6.07) is 13.4. The van der Waals surface area contributed by atoms with Crippen LogP contribution in [0.5, 0.6) is 17.2 Å². The number of rotatable bonds is 10. The van der Waals surface area contributed by atoms with Crippen LogP contribution in [0.4, 0.5) is 5.69 Å². The number of nitrogens with zero attached hydrogens (tertiary/aromatic N) is 1. The van der Waals surface area contributed by atoms with E-state index in [0.717, 1.165) is 16.3 Å². The molecule has 0 bridgehead atoms. The molecule has 164 valence electrons. The Hall–Kier alpha value is -2.94. The van der Waals surface area contributed by atoms with Gasteiger partial charge in [0.1, 0.15) is 23.9 Å². The van der Waals surface area contributed by atoms with Gasteiger partial charge in [0.05, 0.1) is 25.1 Å². The summed E-state index contributed by atoms with van der Waals surface area (Å²) in [5.74, 6) is 1.61. The summed E-state index contributed by atoms with van der Waals surface area (Å²) in [5.41, 5.74) is 0.506. The number of hydrogen-bond acceptors (Lipinski definition) is 6. The maximum absolute atomic E-state index is 12.4. The van der Waals surface area contributed by atoms with E-state index in [4.69, 9.17) is 14.2 Å². The third-order valence-corrected chi connectivity index (χ3v) is 5.53. The van der Waals surface area contributed by atoms with Crippen molar-refractivity contribution in [1.82, 2.24) is 5.32 Å². The van der Waals surface area contributed by atoms with Crippen molar-refractivity contribution in [3.63, 3.8) is 0 Å². The molecular weight excluding hydrogens is 408 g/mol. The van der Waals surface area contributed by atoms with E-state index >= 15 is 0 Å². The zero-order valence-corrected chi connectivity index (χ0v) is 18.6. The van der Waals surface area contributed by atoms with Crippen LogP contribution < -0.4 is 23.8 Å². The molecule has 0 aliphatic carbocycles. The van der Waals surface area contributed by atoms with Crippen LogP contribution in [0.15, 0.2) is 48.5 Å². The molecule has 0 radical (unpaired) electrons. The standard InChI is InChI=1S/C21H28N2O6S/c1-15(14-28-19-12-10-18(27-4)11-13-19)22-21(24)16(2)29-20-8-6-17(7-9-20)23(3)30(5,25)26/h6-13,15-16H,14H2,1-5H3,(H,22,24). The van der Waals surface area contributed by atoms with Crippen molar-refractivity contribution < 1.29 is 27.4 Å². The molecule has 1 amide bonds. The van der Waals surface area contributed by atoms with Gasteiger partial charge in [0.25, 0.3) is 5.91 Å². The fraction of sp³-hybridized carbons (Fsp3) is 0.381. The molecule has 0 fully saturated rings. The predicted octanol–water partition coefficient (Wildman–Crippen LogP) is 2.44. The average Bonchev–Trinajstić information content (AvgIpc) is 2.72. The quantitative estimate of drug-likeness (QED) is 0.615. The monoisotopic (exact) mass is 436 g/mol. The maximum atomic E-state index is 12.4. The Labute approximate surface area is 177 Å². The minimum atomic E-state index is -3.34. The molecule has 2 aromatic carbocycles. The number of nitrogens with one attached hydrogen (secondary N) is 1. The van der Waals surface area contributed by atoms with E-state index in [1.165, 1.54) is 7.05 Å². The lowest BCUT2D eigenvalue weighted by atomic mass is 10.2. The first kappa shape index (κ1) is 23.3. The van der Waals surface area contributed by atoms with Crippen LogP contribution in [0, 0.1) is 0 Å². The Kier molecular flexibility index (Phi) is 7.93. The second kappa shape index (κ2) is 10.2. The number of carbonyl (C=O) groups excluding carboxylic acids is 1. The van der Waals surface area contributed by atoms with Crippen molar-refractivity contribution in [2.75, 3.05) is 31.3 Å². The summed E-state index contributed by atoms with van der Waals surface area (Å²) in [4.78, 5) is 12.4. The van der Waals surface area contributed by atoms with Crippen LogP contribution in [0.3, 0.4) is 0 Å². The first-order valence-electron chi connectivity index (χ1n) is 9.38. The highest BCUT2D eigenvalue weighted by Crippen LogP contribution is 2.21. The Morgan fingerprint density at radius 2 is 1.53 bits per heavy atom. The number of anilines is 1. The molecule has 0 aromatic heterocycles. The van der Waals surface area contributed by atoms with Crippen LogP contribution in [-0.2, 0) is 14.8 Å². The third-order valence-electron chi connectivity index (χ3n) is 4.33. The molecule has 2 aromatic rings. The van der Waals surface area contributed by atoms with E-state index in [1.54, 1.807) is 62.6 Å². The molecule has 2 rings (SSSR count). The van der Waals surface area contributed by atoms with Crippen molar-refractivity contribution in [1.29, 1.82) is 0 Å². The van der Waals surface area contributed by atoms with E-state index < -0.39 is 16.1 Å². The van der Waals surface area contributed by atoms with Gasteiger partial charge in [-0.1, -0.05) is 0 Å². The van der Waals surface area contributed by atoms with Gasteiger partial charge < -0.3 is 19.5 Å². The number of ether oxygens (including phenoxy) is 3. The van der Waals surface area contributed by atoms with E-state index in [2.05, 4.69) is 5.32 Å². The average molecular weight is 437 g/mol. The minimum absolute atomic E-state index is 0.226. The van der Waals surface area contributed by atoms with Gasteiger partial charge in [0, 0.05) is 7.05 Å². The van der Waals surface area contributed by atoms with Crippen LogP contribution >= 0.6 is 0 Å². The van der Waals surface area contributed by atoms with Gasteiger partial charge in [0.15, 0.2) is 6.10 Å². The van der Waals surface area contributed by atoms with E-state index in [9.17, 15) is 13.2 Å². The zero-order chi connectivity index (χ0) is 22.3. The topological polar surface area (TPSA) is 94.2 Å². The lowest BCUT2D eigenvalue weighted by molar-refractivity contribution is -0.128. The van der Waals surface area contributed by atoms with Gasteiger partial charge in [-0.15, -0.1) is 0 Å². The number of sulfonamides is 1. The largest absolute Gasteiger partial charge is 0.497 e. The highest BCUT2D eigenvalue weighted by Gasteiger charge is 2.18. The highest BCUT2D eigenvalue weighted by molar-refractivity contribution is 7.92. The smallest absolute Gasteiger partial charge is 0.261 e. The van der Waals surface area contributed by atoms with Gasteiger partial charge in [-0.25, -0.2) is 8.42 Å². The zero-order valence-electron chi connectivity index (χ0n) is 17.8. The molecular formula is C21H28N2O6S. The highest BCUT2D eigenvalue weighted by atomic mass is 32.2. The molecule has 30 heavy (non-hydrogen) atoms. The molecule has 8 nitrogen and oxygen atoms in total. The lowest BCUT2D eigenvalue weighted by Gasteiger charge is -2.20. The van der Waals surface area contributed by atoms with E-state index in [0.29, 0.717) is 23.8 Å². The Morgan fingerprint density at radius 1 is 1.00 bits per heavy atom. The first-order chi connectivity index (χ1) is 14.1. The lowest BCUT2D eigenvalue weighted by Crippen LogP contribution is -2.43. The fourth-order valence-electron chi connectivity index (χ4n) is 2.48. The van der Waals surface area contributed by atoms with Gasteiger partial charge in [-0.3, -0.25) is 9.10 Å². The molecule has 0 aliphatic rings. The Bertz CT molecular complexity index is 929.